The van der Waals surface area contributed by atoms with Gasteiger partial charge in [-0.05, 0) is 18.9 Å². The summed E-state index contributed by atoms with van der Waals surface area (Å²) in [7, 11) is 0. The maximum Gasteiger partial charge on any atom is 0.0107 e. The molecular formula is C14H30N2. The van der Waals surface area contributed by atoms with Crippen LogP contribution in [0.3, 0.4) is 0 Å². The van der Waals surface area contributed by atoms with E-state index in [0.717, 1.165) is 5.92 Å². The Morgan fingerprint density at radius 3 is 2.38 bits per heavy atom. The summed E-state index contributed by atoms with van der Waals surface area (Å²) in [6.07, 6.45) is 8.45. The predicted molar refractivity (Wildman–Crippen MR) is 71.8 cm³/mol. The van der Waals surface area contributed by atoms with Crippen molar-refractivity contribution in [1.82, 2.24) is 10.2 Å². The van der Waals surface area contributed by atoms with E-state index in [2.05, 4.69) is 24.1 Å². The van der Waals surface area contributed by atoms with Crippen LogP contribution in [-0.4, -0.2) is 37.6 Å². The van der Waals surface area contributed by atoms with Gasteiger partial charge in [0, 0.05) is 26.2 Å². The monoisotopic (exact) mass is 226 g/mol. The molecule has 0 radical (unpaired) electrons. The van der Waals surface area contributed by atoms with E-state index in [1.807, 2.05) is 0 Å². The number of rotatable bonds is 8. The van der Waals surface area contributed by atoms with Gasteiger partial charge in [-0.25, -0.2) is 0 Å². The minimum Gasteiger partial charge on any atom is -0.314 e. The standard InChI is InChI=1S/C14H30N2/c1-3-5-7-14(6-4-2)8-11-16-12-9-15-10-13-16/h14-15H,3-13H2,1-2H3. The third-order valence-corrected chi connectivity index (χ3v) is 3.73. The molecule has 0 saturated carbocycles. The average molecular weight is 226 g/mol. The molecule has 0 amide bonds. The first-order valence-electron chi connectivity index (χ1n) is 7.29. The first-order valence-corrected chi connectivity index (χ1v) is 7.29. The fraction of sp³-hybridized carbons (Fsp3) is 1.00. The van der Waals surface area contributed by atoms with E-state index >= 15 is 0 Å². The van der Waals surface area contributed by atoms with Crippen LogP contribution in [0.5, 0.6) is 0 Å². The summed E-state index contributed by atoms with van der Waals surface area (Å²) in [4.78, 5) is 2.63. The number of nitrogens with one attached hydrogen (secondary N) is 1. The molecule has 0 aromatic heterocycles. The molecule has 1 aliphatic heterocycles. The molecule has 1 unspecified atom stereocenters. The first kappa shape index (κ1) is 14.0. The van der Waals surface area contributed by atoms with Crippen LogP contribution in [0.1, 0.15) is 52.4 Å². The smallest absolute Gasteiger partial charge is 0.0107 e. The van der Waals surface area contributed by atoms with Gasteiger partial charge in [-0.3, -0.25) is 0 Å². The number of hydrogen-bond acceptors (Lipinski definition) is 2. The summed E-state index contributed by atoms with van der Waals surface area (Å²) >= 11 is 0. The van der Waals surface area contributed by atoms with Crippen LogP contribution in [0.25, 0.3) is 0 Å². The van der Waals surface area contributed by atoms with Gasteiger partial charge < -0.3 is 10.2 Å². The van der Waals surface area contributed by atoms with E-state index in [1.165, 1.54) is 71.2 Å². The van der Waals surface area contributed by atoms with Crippen molar-refractivity contribution in [2.24, 2.45) is 5.92 Å². The van der Waals surface area contributed by atoms with Gasteiger partial charge in [0.2, 0.25) is 0 Å². The Labute approximate surface area is 102 Å². The largest absolute Gasteiger partial charge is 0.314 e. The maximum absolute atomic E-state index is 3.42. The highest BCUT2D eigenvalue weighted by molar-refractivity contribution is 4.69. The second-order valence-corrected chi connectivity index (χ2v) is 5.18. The molecule has 1 fully saturated rings. The lowest BCUT2D eigenvalue weighted by atomic mass is 9.93. The van der Waals surface area contributed by atoms with Crippen molar-refractivity contribution in [2.75, 3.05) is 32.7 Å². The van der Waals surface area contributed by atoms with Crippen LogP contribution in [0.15, 0.2) is 0 Å². The Hall–Kier alpha value is -0.0800. The summed E-state index contributed by atoms with van der Waals surface area (Å²) in [5.74, 6) is 0.986. The van der Waals surface area contributed by atoms with Crippen molar-refractivity contribution in [3.8, 4) is 0 Å². The van der Waals surface area contributed by atoms with Gasteiger partial charge in [-0.1, -0.05) is 46.0 Å². The number of unbranched alkanes of at least 4 members (excludes halogenated alkanes) is 1. The third-order valence-electron chi connectivity index (χ3n) is 3.73. The van der Waals surface area contributed by atoms with E-state index in [0.29, 0.717) is 0 Å². The molecule has 2 heteroatoms. The minimum atomic E-state index is 0.986. The fourth-order valence-electron chi connectivity index (χ4n) is 2.63. The van der Waals surface area contributed by atoms with E-state index < -0.39 is 0 Å². The molecule has 0 bridgehead atoms. The average Bonchev–Trinajstić information content (AvgIpc) is 2.34. The highest BCUT2D eigenvalue weighted by Gasteiger charge is 2.12. The molecule has 1 aliphatic rings. The topological polar surface area (TPSA) is 15.3 Å². The van der Waals surface area contributed by atoms with Crippen molar-refractivity contribution in [1.29, 1.82) is 0 Å². The molecule has 1 atom stereocenters. The van der Waals surface area contributed by atoms with Crippen molar-refractivity contribution in [3.63, 3.8) is 0 Å². The van der Waals surface area contributed by atoms with Crippen LogP contribution in [-0.2, 0) is 0 Å². The second kappa shape index (κ2) is 9.00. The molecule has 0 aromatic rings. The SMILES string of the molecule is CCCCC(CCC)CCN1CCNCC1. The summed E-state index contributed by atoms with van der Waals surface area (Å²) < 4.78 is 0. The van der Waals surface area contributed by atoms with Crippen LogP contribution in [0.2, 0.25) is 0 Å². The van der Waals surface area contributed by atoms with Gasteiger partial charge in [0.05, 0.1) is 0 Å². The molecule has 1 saturated heterocycles. The van der Waals surface area contributed by atoms with Crippen LogP contribution < -0.4 is 5.32 Å². The van der Waals surface area contributed by atoms with E-state index in [4.69, 9.17) is 0 Å². The van der Waals surface area contributed by atoms with E-state index in [9.17, 15) is 0 Å². The molecule has 1 N–H and O–H groups in total. The van der Waals surface area contributed by atoms with Crippen LogP contribution >= 0.6 is 0 Å². The maximum atomic E-state index is 3.42. The zero-order valence-corrected chi connectivity index (χ0v) is 11.3. The summed E-state index contributed by atoms with van der Waals surface area (Å²) in [5, 5.41) is 3.42. The Bertz CT molecular complexity index is 153. The van der Waals surface area contributed by atoms with Crippen LogP contribution in [0, 0.1) is 5.92 Å². The lowest BCUT2D eigenvalue weighted by molar-refractivity contribution is 0.217. The number of hydrogen-bond donors (Lipinski definition) is 1. The van der Waals surface area contributed by atoms with Crippen molar-refractivity contribution >= 4 is 0 Å². The lowest BCUT2D eigenvalue weighted by Crippen LogP contribution is -2.44. The number of nitrogens with zero attached hydrogens (tertiary/aromatic N) is 1. The molecule has 0 spiro atoms. The van der Waals surface area contributed by atoms with Crippen molar-refractivity contribution in [3.05, 3.63) is 0 Å². The Morgan fingerprint density at radius 1 is 1.00 bits per heavy atom. The van der Waals surface area contributed by atoms with Crippen molar-refractivity contribution < 1.29 is 0 Å². The van der Waals surface area contributed by atoms with Gasteiger partial charge in [-0.15, -0.1) is 0 Å². The Balaban J connectivity index is 2.14. The molecular weight excluding hydrogens is 196 g/mol. The van der Waals surface area contributed by atoms with E-state index in [1.54, 1.807) is 0 Å². The first-order chi connectivity index (χ1) is 7.86. The normalized spacial score (nSPS) is 19.9. The molecule has 0 aliphatic carbocycles. The molecule has 0 aromatic carbocycles. The zero-order valence-electron chi connectivity index (χ0n) is 11.3. The molecule has 96 valence electrons. The van der Waals surface area contributed by atoms with Gasteiger partial charge in [0.15, 0.2) is 0 Å². The predicted octanol–water partition coefficient (Wildman–Crippen LogP) is 2.89. The summed E-state index contributed by atoms with van der Waals surface area (Å²) in [6.45, 7) is 10.8. The second-order valence-electron chi connectivity index (χ2n) is 5.18. The summed E-state index contributed by atoms with van der Waals surface area (Å²) in [5.41, 5.74) is 0. The summed E-state index contributed by atoms with van der Waals surface area (Å²) in [6, 6.07) is 0. The Kier molecular flexibility index (Phi) is 7.87. The van der Waals surface area contributed by atoms with Gasteiger partial charge in [-0.2, -0.15) is 0 Å². The Morgan fingerprint density at radius 2 is 1.75 bits per heavy atom. The van der Waals surface area contributed by atoms with Crippen LogP contribution in [0.4, 0.5) is 0 Å². The molecule has 1 heterocycles. The number of piperazine rings is 1. The zero-order chi connectivity index (χ0) is 11.6. The minimum absolute atomic E-state index is 0.986. The molecule has 1 rings (SSSR count). The van der Waals surface area contributed by atoms with Gasteiger partial charge in [0.1, 0.15) is 0 Å². The quantitative estimate of drug-likeness (QED) is 0.684. The fourth-order valence-corrected chi connectivity index (χ4v) is 2.63. The van der Waals surface area contributed by atoms with Crippen molar-refractivity contribution in [2.45, 2.75) is 52.4 Å². The highest BCUT2D eigenvalue weighted by atomic mass is 15.2. The van der Waals surface area contributed by atoms with E-state index in [-0.39, 0.29) is 0 Å². The van der Waals surface area contributed by atoms with Gasteiger partial charge >= 0.3 is 0 Å². The molecule has 16 heavy (non-hydrogen) atoms. The third kappa shape index (κ3) is 5.86. The lowest BCUT2D eigenvalue weighted by Gasteiger charge is -2.28. The highest BCUT2D eigenvalue weighted by Crippen LogP contribution is 2.19. The molecule has 2 nitrogen and oxygen atoms in total. The van der Waals surface area contributed by atoms with Gasteiger partial charge in [0.25, 0.3) is 0 Å².